The Morgan fingerprint density at radius 1 is 1.05 bits per heavy atom. The van der Waals surface area contributed by atoms with Crippen LogP contribution in [0.3, 0.4) is 0 Å². The van der Waals surface area contributed by atoms with Gasteiger partial charge in [-0.05, 0) is 20.8 Å². The number of hydrogen-bond acceptors (Lipinski definition) is 6. The molecule has 0 amide bonds. The number of carbonyl (C=O) groups is 2. The molecule has 6 nitrogen and oxygen atoms in total. The number of aliphatic hydroxyl groups is 2. The molecule has 22 heavy (non-hydrogen) atoms. The molecular formula is C16H28O6. The number of aliphatic hydroxyl groups excluding tert-OH is 2. The third-order valence-electron chi connectivity index (χ3n) is 2.15. The third-order valence-corrected chi connectivity index (χ3v) is 2.15. The normalized spacial score (nSPS) is 11.6. The minimum absolute atomic E-state index is 0.139. The molecule has 0 aliphatic rings. The largest absolute Gasteiger partial charge is 0.462 e. The number of carbonyl (C=O) groups excluding carboxylic acids is 2. The fraction of sp³-hybridized carbons (Fsp3) is 0.625. The highest BCUT2D eigenvalue weighted by molar-refractivity contribution is 5.87. The molecule has 6 heteroatoms. The minimum Gasteiger partial charge on any atom is -0.462 e. The average Bonchev–Trinajstić information content (AvgIpc) is 2.42. The van der Waals surface area contributed by atoms with Gasteiger partial charge in [0.2, 0.25) is 0 Å². The molecule has 128 valence electrons. The van der Waals surface area contributed by atoms with Crippen molar-refractivity contribution in [3.05, 3.63) is 24.3 Å². The topological polar surface area (TPSA) is 93.1 Å². The van der Waals surface area contributed by atoms with E-state index in [-0.39, 0.29) is 19.8 Å². The van der Waals surface area contributed by atoms with Crippen LogP contribution in [0, 0.1) is 5.41 Å². The summed E-state index contributed by atoms with van der Waals surface area (Å²) < 4.78 is 10.0. The van der Waals surface area contributed by atoms with Gasteiger partial charge in [0.1, 0.15) is 0 Å². The Morgan fingerprint density at radius 2 is 1.32 bits per heavy atom. The molecule has 0 spiro atoms. The zero-order chi connectivity index (χ0) is 17.9. The van der Waals surface area contributed by atoms with Gasteiger partial charge in [-0.3, -0.25) is 0 Å². The van der Waals surface area contributed by atoms with Crippen molar-refractivity contribution < 1.29 is 29.3 Å². The Labute approximate surface area is 132 Å². The van der Waals surface area contributed by atoms with E-state index >= 15 is 0 Å². The maximum absolute atomic E-state index is 11.2. The van der Waals surface area contributed by atoms with Gasteiger partial charge in [0.15, 0.2) is 0 Å². The summed E-state index contributed by atoms with van der Waals surface area (Å²) in [4.78, 5) is 22.4. The smallest absolute Gasteiger partial charge is 0.333 e. The van der Waals surface area contributed by atoms with Crippen molar-refractivity contribution >= 4 is 11.9 Å². The first-order valence-corrected chi connectivity index (χ1v) is 6.87. The molecule has 0 heterocycles. The maximum Gasteiger partial charge on any atom is 0.333 e. The molecule has 0 aromatic carbocycles. The lowest BCUT2D eigenvalue weighted by Gasteiger charge is -2.23. The van der Waals surface area contributed by atoms with E-state index in [2.05, 4.69) is 13.2 Å². The zero-order valence-electron chi connectivity index (χ0n) is 14.1. The highest BCUT2D eigenvalue weighted by Gasteiger charge is 2.23. The number of hydrogen-bond donors (Lipinski definition) is 2. The van der Waals surface area contributed by atoms with Crippen LogP contribution in [0.1, 0.15) is 34.6 Å². The van der Waals surface area contributed by atoms with Gasteiger partial charge in [0, 0.05) is 16.6 Å². The third kappa shape index (κ3) is 13.3. The molecule has 0 aliphatic carbocycles. The SMILES string of the molecule is C=C(C)C(=O)OCC(C)(C)COC(=O)C(=C)C.CC(O)CO. The van der Waals surface area contributed by atoms with Crippen LogP contribution in [0.25, 0.3) is 0 Å². The predicted molar refractivity (Wildman–Crippen MR) is 84.1 cm³/mol. The molecule has 0 bridgehead atoms. The van der Waals surface area contributed by atoms with Gasteiger partial charge < -0.3 is 19.7 Å². The van der Waals surface area contributed by atoms with Gasteiger partial charge in [-0.2, -0.15) is 0 Å². The molecule has 1 unspecified atom stereocenters. The van der Waals surface area contributed by atoms with E-state index in [9.17, 15) is 9.59 Å². The van der Waals surface area contributed by atoms with Crippen LogP contribution in [0.5, 0.6) is 0 Å². The lowest BCUT2D eigenvalue weighted by molar-refractivity contribution is -0.147. The van der Waals surface area contributed by atoms with E-state index < -0.39 is 23.5 Å². The molecule has 0 radical (unpaired) electrons. The van der Waals surface area contributed by atoms with Crippen LogP contribution >= 0.6 is 0 Å². The summed E-state index contributed by atoms with van der Waals surface area (Å²) in [7, 11) is 0. The van der Waals surface area contributed by atoms with Crippen LogP contribution in [0.2, 0.25) is 0 Å². The fourth-order valence-electron chi connectivity index (χ4n) is 0.810. The molecule has 2 N–H and O–H groups in total. The van der Waals surface area contributed by atoms with Gasteiger partial charge in [-0.25, -0.2) is 9.59 Å². The predicted octanol–water partition coefficient (Wildman–Crippen LogP) is 1.61. The van der Waals surface area contributed by atoms with Crippen molar-refractivity contribution in [2.45, 2.75) is 40.7 Å². The highest BCUT2D eigenvalue weighted by Crippen LogP contribution is 2.17. The second-order valence-corrected chi connectivity index (χ2v) is 5.91. The van der Waals surface area contributed by atoms with Crippen molar-refractivity contribution in [2.75, 3.05) is 19.8 Å². The standard InChI is InChI=1S/C13H20O4.C3H8O2/c1-9(2)11(14)16-7-13(5,6)8-17-12(15)10(3)4;1-3(5)2-4/h1,3,7-8H2,2,4-6H3;3-5H,2H2,1H3. The van der Waals surface area contributed by atoms with Gasteiger partial charge in [-0.15, -0.1) is 0 Å². The van der Waals surface area contributed by atoms with Crippen molar-refractivity contribution in [1.82, 2.24) is 0 Å². The monoisotopic (exact) mass is 316 g/mol. The number of esters is 2. The van der Waals surface area contributed by atoms with Crippen molar-refractivity contribution in [1.29, 1.82) is 0 Å². The lowest BCUT2D eigenvalue weighted by Crippen LogP contribution is -2.28. The van der Waals surface area contributed by atoms with E-state index in [0.717, 1.165) is 0 Å². The molecule has 0 rings (SSSR count). The fourth-order valence-corrected chi connectivity index (χ4v) is 0.810. The second kappa shape index (κ2) is 11.0. The lowest BCUT2D eigenvalue weighted by atomic mass is 9.96. The van der Waals surface area contributed by atoms with Crippen LogP contribution in [0.4, 0.5) is 0 Å². The Kier molecular flexibility index (Phi) is 11.3. The van der Waals surface area contributed by atoms with E-state index in [1.54, 1.807) is 13.8 Å². The van der Waals surface area contributed by atoms with E-state index in [4.69, 9.17) is 19.7 Å². The molecule has 0 saturated heterocycles. The van der Waals surface area contributed by atoms with Gasteiger partial charge >= 0.3 is 11.9 Å². The van der Waals surface area contributed by atoms with Crippen LogP contribution < -0.4 is 0 Å². The van der Waals surface area contributed by atoms with Crippen molar-refractivity contribution in [3.63, 3.8) is 0 Å². The summed E-state index contributed by atoms with van der Waals surface area (Å²) in [5.41, 5.74) is 0.260. The Bertz CT molecular complexity index is 363. The van der Waals surface area contributed by atoms with E-state index in [0.29, 0.717) is 11.1 Å². The molecule has 0 aromatic rings. The highest BCUT2D eigenvalue weighted by atomic mass is 16.5. The van der Waals surface area contributed by atoms with Crippen molar-refractivity contribution in [3.8, 4) is 0 Å². The van der Waals surface area contributed by atoms with Gasteiger partial charge in [-0.1, -0.05) is 27.0 Å². The summed E-state index contributed by atoms with van der Waals surface area (Å²) in [6, 6.07) is 0. The molecular weight excluding hydrogens is 288 g/mol. The maximum atomic E-state index is 11.2. The van der Waals surface area contributed by atoms with Gasteiger partial charge in [0.25, 0.3) is 0 Å². The number of rotatable bonds is 7. The summed E-state index contributed by atoms with van der Waals surface area (Å²) in [5, 5.41) is 16.0. The van der Waals surface area contributed by atoms with Crippen molar-refractivity contribution in [2.24, 2.45) is 5.41 Å². The molecule has 0 saturated carbocycles. The first-order chi connectivity index (χ1) is 9.92. The molecule has 0 aromatic heterocycles. The first kappa shape index (κ1) is 22.6. The molecule has 0 aliphatic heterocycles. The van der Waals surface area contributed by atoms with Gasteiger partial charge in [0.05, 0.1) is 25.9 Å². The Morgan fingerprint density at radius 3 is 1.50 bits per heavy atom. The first-order valence-electron chi connectivity index (χ1n) is 6.87. The summed E-state index contributed by atoms with van der Waals surface area (Å²) in [6.07, 6.45) is -0.560. The zero-order valence-corrected chi connectivity index (χ0v) is 14.1. The van der Waals surface area contributed by atoms with Crippen LogP contribution in [-0.2, 0) is 19.1 Å². The minimum atomic E-state index is -0.560. The Balaban J connectivity index is 0. The van der Waals surface area contributed by atoms with E-state index in [1.165, 1.54) is 6.92 Å². The molecule has 1 atom stereocenters. The molecule has 0 fully saturated rings. The quantitative estimate of drug-likeness (QED) is 0.547. The number of ether oxygens (including phenoxy) is 2. The Hall–Kier alpha value is -1.66. The van der Waals surface area contributed by atoms with Crippen LogP contribution in [0.15, 0.2) is 24.3 Å². The van der Waals surface area contributed by atoms with E-state index in [1.807, 2.05) is 13.8 Å². The average molecular weight is 316 g/mol. The summed E-state index contributed by atoms with van der Waals surface area (Å²) >= 11 is 0. The van der Waals surface area contributed by atoms with Crippen LogP contribution in [-0.4, -0.2) is 48.1 Å². The summed E-state index contributed by atoms with van der Waals surface area (Å²) in [6.45, 7) is 15.5. The summed E-state index contributed by atoms with van der Waals surface area (Å²) in [5.74, 6) is -0.881. The second-order valence-electron chi connectivity index (χ2n) is 5.91.